The topological polar surface area (TPSA) is 111 Å². The Morgan fingerprint density at radius 3 is 2.54 bits per heavy atom. The van der Waals surface area contributed by atoms with Crippen LogP contribution in [0.25, 0.3) is 10.9 Å². The number of primary amides is 1. The Morgan fingerprint density at radius 1 is 1.11 bits per heavy atom. The number of aromatic nitrogens is 2. The maximum atomic E-state index is 13.5. The Morgan fingerprint density at radius 2 is 1.86 bits per heavy atom. The van der Waals surface area contributed by atoms with Gasteiger partial charge in [-0.3, -0.25) is 19.0 Å². The maximum absolute atomic E-state index is 13.5. The van der Waals surface area contributed by atoms with E-state index in [0.29, 0.717) is 59.1 Å². The number of nitrogens with zero attached hydrogens (tertiary/aromatic N) is 3. The van der Waals surface area contributed by atoms with E-state index in [1.807, 2.05) is 0 Å². The standard InChI is InChI=1S/C27H25FN4O4S/c28-20-6-3-17(4-7-20)16-37-27-30-23-14-19(25(34)31-11-9-18(10-12-31)24(29)33)5-8-22(23)26(35)32(27)15-21-2-1-13-36-21/h1-8,13-14,18H,9-12,15-16H2,(H2,29,33). The Labute approximate surface area is 216 Å². The molecule has 1 aliphatic heterocycles. The third-order valence-corrected chi connectivity index (χ3v) is 7.57. The Hall–Kier alpha value is -3.92. The molecule has 4 aromatic rings. The minimum absolute atomic E-state index is 0.174. The molecule has 0 spiro atoms. The first-order chi connectivity index (χ1) is 17.9. The van der Waals surface area contributed by atoms with Gasteiger partial charge in [0.05, 0.1) is 23.7 Å². The minimum atomic E-state index is -0.335. The predicted molar refractivity (Wildman–Crippen MR) is 138 cm³/mol. The highest BCUT2D eigenvalue weighted by Gasteiger charge is 2.27. The number of piperidine rings is 1. The van der Waals surface area contributed by atoms with Crippen molar-refractivity contribution in [1.82, 2.24) is 14.5 Å². The van der Waals surface area contributed by atoms with Crippen molar-refractivity contribution in [2.24, 2.45) is 11.7 Å². The van der Waals surface area contributed by atoms with E-state index in [-0.39, 0.29) is 35.7 Å². The largest absolute Gasteiger partial charge is 0.467 e. The molecular formula is C27H25FN4O4S. The monoisotopic (exact) mass is 520 g/mol. The molecule has 5 rings (SSSR count). The summed E-state index contributed by atoms with van der Waals surface area (Å²) in [6, 6.07) is 14.6. The zero-order valence-electron chi connectivity index (χ0n) is 19.9. The lowest BCUT2D eigenvalue weighted by Gasteiger charge is -2.30. The summed E-state index contributed by atoms with van der Waals surface area (Å²) in [5, 5.41) is 0.853. The molecular weight excluding hydrogens is 495 g/mol. The SMILES string of the molecule is NC(=O)C1CCN(C(=O)c2ccc3c(=O)n(Cc4ccco4)c(SCc4ccc(F)cc4)nc3c2)CC1. The number of rotatable bonds is 7. The van der Waals surface area contributed by atoms with Crippen molar-refractivity contribution in [3.63, 3.8) is 0 Å². The fourth-order valence-electron chi connectivity index (χ4n) is 4.42. The van der Waals surface area contributed by atoms with Crippen LogP contribution in [0, 0.1) is 11.7 Å². The molecule has 3 heterocycles. The summed E-state index contributed by atoms with van der Waals surface area (Å²) in [4.78, 5) is 44.6. The lowest BCUT2D eigenvalue weighted by molar-refractivity contribution is -0.123. The van der Waals surface area contributed by atoms with Crippen LogP contribution >= 0.6 is 11.8 Å². The summed E-state index contributed by atoms with van der Waals surface area (Å²) in [6.07, 6.45) is 2.62. The van der Waals surface area contributed by atoms with Gasteiger partial charge in [-0.25, -0.2) is 9.37 Å². The molecule has 1 aliphatic rings. The number of hydrogen-bond donors (Lipinski definition) is 1. The molecule has 2 N–H and O–H groups in total. The summed E-state index contributed by atoms with van der Waals surface area (Å²) in [7, 11) is 0. The Kier molecular flexibility index (Phi) is 7.09. The van der Waals surface area contributed by atoms with Gasteiger partial charge in [-0.2, -0.15) is 0 Å². The molecule has 0 atom stereocenters. The minimum Gasteiger partial charge on any atom is -0.467 e. The van der Waals surface area contributed by atoms with Gasteiger partial charge < -0.3 is 15.1 Å². The average molecular weight is 521 g/mol. The molecule has 190 valence electrons. The molecule has 2 amide bonds. The Balaban J connectivity index is 1.46. The predicted octanol–water partition coefficient (Wildman–Crippen LogP) is 3.81. The molecule has 8 nitrogen and oxygen atoms in total. The highest BCUT2D eigenvalue weighted by molar-refractivity contribution is 7.98. The zero-order chi connectivity index (χ0) is 25.9. The molecule has 0 saturated carbocycles. The number of likely N-dealkylation sites (tertiary alicyclic amines) is 1. The van der Waals surface area contributed by atoms with Crippen LogP contribution in [0.15, 0.2) is 75.2 Å². The third kappa shape index (κ3) is 5.43. The van der Waals surface area contributed by atoms with Crippen molar-refractivity contribution in [2.75, 3.05) is 13.1 Å². The first kappa shape index (κ1) is 24.8. The van der Waals surface area contributed by atoms with Crippen LogP contribution in [0.1, 0.15) is 34.5 Å². The van der Waals surface area contributed by atoms with E-state index in [2.05, 4.69) is 0 Å². The second-order valence-corrected chi connectivity index (χ2v) is 9.92. The van der Waals surface area contributed by atoms with Gasteiger partial charge in [0.15, 0.2) is 5.16 Å². The highest BCUT2D eigenvalue weighted by atomic mass is 32.2. The number of nitrogens with two attached hydrogens (primary N) is 1. The van der Waals surface area contributed by atoms with Crippen LogP contribution < -0.4 is 11.3 Å². The molecule has 0 bridgehead atoms. The van der Waals surface area contributed by atoms with Crippen molar-refractivity contribution < 1.29 is 18.4 Å². The van der Waals surface area contributed by atoms with E-state index in [4.69, 9.17) is 15.1 Å². The quantitative estimate of drug-likeness (QED) is 0.293. The van der Waals surface area contributed by atoms with Crippen LogP contribution in [-0.2, 0) is 17.1 Å². The fraction of sp³-hybridized carbons (Fsp3) is 0.259. The normalized spacial score (nSPS) is 14.2. The summed E-state index contributed by atoms with van der Waals surface area (Å²) < 4.78 is 20.3. The van der Waals surface area contributed by atoms with E-state index in [0.717, 1.165) is 5.56 Å². The molecule has 0 radical (unpaired) electrons. The number of fused-ring (bicyclic) bond motifs is 1. The second kappa shape index (κ2) is 10.6. The van der Waals surface area contributed by atoms with Crippen LogP contribution in [0.5, 0.6) is 0 Å². The van der Waals surface area contributed by atoms with Gasteiger partial charge in [0, 0.05) is 30.3 Å². The number of halogens is 1. The summed E-state index contributed by atoms with van der Waals surface area (Å²) in [5.74, 6) is 0.0477. The van der Waals surface area contributed by atoms with Gasteiger partial charge in [-0.1, -0.05) is 23.9 Å². The van der Waals surface area contributed by atoms with Crippen LogP contribution in [0.4, 0.5) is 4.39 Å². The van der Waals surface area contributed by atoms with Crippen molar-refractivity contribution in [3.05, 3.63) is 93.9 Å². The lowest BCUT2D eigenvalue weighted by Crippen LogP contribution is -2.41. The highest BCUT2D eigenvalue weighted by Crippen LogP contribution is 2.25. The molecule has 1 fully saturated rings. The lowest BCUT2D eigenvalue weighted by atomic mass is 9.96. The molecule has 2 aromatic carbocycles. The molecule has 37 heavy (non-hydrogen) atoms. The van der Waals surface area contributed by atoms with Crippen molar-refractivity contribution in [1.29, 1.82) is 0 Å². The van der Waals surface area contributed by atoms with Crippen molar-refractivity contribution >= 4 is 34.5 Å². The molecule has 10 heteroatoms. The van der Waals surface area contributed by atoms with Crippen molar-refractivity contribution in [2.45, 2.75) is 30.3 Å². The van der Waals surface area contributed by atoms with E-state index >= 15 is 0 Å². The first-order valence-electron chi connectivity index (χ1n) is 11.9. The number of carbonyl (C=O) groups is 2. The van der Waals surface area contributed by atoms with Gasteiger partial charge >= 0.3 is 0 Å². The number of benzene rings is 2. The average Bonchev–Trinajstić information content (AvgIpc) is 3.43. The number of furan rings is 1. The van der Waals surface area contributed by atoms with E-state index in [1.165, 1.54) is 23.9 Å². The van der Waals surface area contributed by atoms with Gasteiger partial charge in [-0.15, -0.1) is 0 Å². The summed E-state index contributed by atoms with van der Waals surface area (Å²) in [6.45, 7) is 1.10. The summed E-state index contributed by atoms with van der Waals surface area (Å²) >= 11 is 1.35. The van der Waals surface area contributed by atoms with E-state index in [9.17, 15) is 18.8 Å². The molecule has 2 aromatic heterocycles. The fourth-order valence-corrected chi connectivity index (χ4v) is 5.37. The van der Waals surface area contributed by atoms with Gasteiger partial charge in [-0.05, 0) is 60.9 Å². The molecule has 1 saturated heterocycles. The number of amides is 2. The van der Waals surface area contributed by atoms with E-state index in [1.54, 1.807) is 58.2 Å². The van der Waals surface area contributed by atoms with E-state index < -0.39 is 0 Å². The Bertz CT molecular complexity index is 1490. The van der Waals surface area contributed by atoms with Gasteiger partial charge in [0.2, 0.25) is 5.91 Å². The van der Waals surface area contributed by atoms with Gasteiger partial charge in [0.1, 0.15) is 11.6 Å². The number of carbonyl (C=O) groups excluding carboxylic acids is 2. The molecule has 0 aliphatic carbocycles. The first-order valence-corrected chi connectivity index (χ1v) is 12.9. The number of thioether (sulfide) groups is 1. The third-order valence-electron chi connectivity index (χ3n) is 6.53. The van der Waals surface area contributed by atoms with Crippen LogP contribution in [-0.4, -0.2) is 39.4 Å². The number of hydrogen-bond acceptors (Lipinski definition) is 6. The second-order valence-electron chi connectivity index (χ2n) is 8.98. The summed E-state index contributed by atoms with van der Waals surface area (Å²) in [5.41, 5.74) is 6.89. The van der Waals surface area contributed by atoms with Crippen LogP contribution in [0.3, 0.4) is 0 Å². The van der Waals surface area contributed by atoms with Crippen LogP contribution in [0.2, 0.25) is 0 Å². The van der Waals surface area contributed by atoms with Gasteiger partial charge in [0.25, 0.3) is 11.5 Å². The molecule has 0 unspecified atom stereocenters. The zero-order valence-corrected chi connectivity index (χ0v) is 20.7. The smallest absolute Gasteiger partial charge is 0.262 e. The van der Waals surface area contributed by atoms with Crippen molar-refractivity contribution in [3.8, 4) is 0 Å². The maximum Gasteiger partial charge on any atom is 0.262 e.